The van der Waals surface area contributed by atoms with Crippen molar-refractivity contribution in [3.05, 3.63) is 17.0 Å². The van der Waals surface area contributed by atoms with Gasteiger partial charge in [-0.2, -0.15) is 4.72 Å². The lowest BCUT2D eigenvalue weighted by atomic mass is 9.88. The van der Waals surface area contributed by atoms with Crippen LogP contribution in [0.5, 0.6) is 0 Å². The molecule has 1 aromatic heterocycles. The summed E-state index contributed by atoms with van der Waals surface area (Å²) in [6.45, 7) is 6.04. The van der Waals surface area contributed by atoms with Gasteiger partial charge in [0.1, 0.15) is 10.3 Å². The van der Waals surface area contributed by atoms with E-state index in [1.54, 1.807) is 12.1 Å². The van der Waals surface area contributed by atoms with E-state index < -0.39 is 21.5 Å². The molecule has 2 N–H and O–H groups in total. The second-order valence-electron chi connectivity index (χ2n) is 5.13. The van der Waals surface area contributed by atoms with Gasteiger partial charge in [0.05, 0.1) is 0 Å². The first-order valence-corrected chi connectivity index (χ1v) is 7.89. The van der Waals surface area contributed by atoms with Crippen molar-refractivity contribution in [2.24, 2.45) is 5.41 Å². The molecule has 1 aliphatic rings. The molecule has 0 radical (unpaired) electrons. The summed E-state index contributed by atoms with van der Waals surface area (Å²) in [5.74, 6) is -0.267. The van der Waals surface area contributed by atoms with Gasteiger partial charge in [0.15, 0.2) is 0 Å². The Kier molecular flexibility index (Phi) is 3.25. The van der Waals surface area contributed by atoms with Crippen LogP contribution in [0.25, 0.3) is 0 Å². The molecule has 0 aliphatic carbocycles. The Morgan fingerprint density at radius 3 is 2.56 bits per heavy atom. The molecule has 2 heterocycles. The monoisotopic (exact) mass is 288 g/mol. The molecule has 0 saturated carbocycles. The number of amides is 1. The van der Waals surface area contributed by atoms with E-state index in [-0.39, 0.29) is 10.1 Å². The quantitative estimate of drug-likeness (QED) is 0.866. The smallest absolute Gasteiger partial charge is 0.250 e. The number of carbonyl (C=O) groups excluding carboxylic acids is 1. The van der Waals surface area contributed by atoms with Gasteiger partial charge < -0.3 is 5.32 Å². The lowest BCUT2D eigenvalue weighted by Gasteiger charge is -2.23. The molecule has 0 bridgehead atoms. The van der Waals surface area contributed by atoms with Gasteiger partial charge in [-0.25, -0.2) is 8.42 Å². The van der Waals surface area contributed by atoms with Crippen LogP contribution in [0.4, 0.5) is 0 Å². The zero-order valence-electron chi connectivity index (χ0n) is 10.5. The summed E-state index contributed by atoms with van der Waals surface area (Å²) in [7, 11) is -3.62. The van der Waals surface area contributed by atoms with Gasteiger partial charge in [0.2, 0.25) is 5.91 Å². The highest BCUT2D eigenvalue weighted by Crippen LogP contribution is 2.28. The van der Waals surface area contributed by atoms with Gasteiger partial charge >= 0.3 is 0 Å². The Morgan fingerprint density at radius 1 is 1.44 bits per heavy atom. The van der Waals surface area contributed by atoms with E-state index in [1.807, 2.05) is 20.8 Å². The van der Waals surface area contributed by atoms with Gasteiger partial charge in [-0.05, 0) is 19.1 Å². The maximum atomic E-state index is 12.2. The molecule has 1 atom stereocenters. The summed E-state index contributed by atoms with van der Waals surface area (Å²) >= 11 is 1.20. The molecule has 1 fully saturated rings. The highest BCUT2D eigenvalue weighted by molar-refractivity contribution is 7.91. The first-order valence-electron chi connectivity index (χ1n) is 5.59. The van der Waals surface area contributed by atoms with E-state index in [4.69, 9.17) is 0 Å². The normalized spacial score (nSPS) is 23.1. The SMILES string of the molecule is Cc1ccc(S(=O)(=O)NC2C(=O)NCC2(C)C)s1. The van der Waals surface area contributed by atoms with Crippen LogP contribution in [0, 0.1) is 12.3 Å². The van der Waals surface area contributed by atoms with E-state index in [0.717, 1.165) is 4.88 Å². The Balaban J connectivity index is 2.26. The zero-order chi connectivity index (χ0) is 13.6. The van der Waals surface area contributed by atoms with Crippen molar-refractivity contribution in [1.29, 1.82) is 0 Å². The second-order valence-corrected chi connectivity index (χ2v) is 8.35. The third kappa shape index (κ3) is 2.43. The number of nitrogens with one attached hydrogen (secondary N) is 2. The van der Waals surface area contributed by atoms with Crippen LogP contribution in [0.15, 0.2) is 16.3 Å². The largest absolute Gasteiger partial charge is 0.354 e. The first kappa shape index (κ1) is 13.5. The van der Waals surface area contributed by atoms with Gasteiger partial charge in [-0.1, -0.05) is 13.8 Å². The van der Waals surface area contributed by atoms with Crippen molar-refractivity contribution in [2.75, 3.05) is 6.54 Å². The van der Waals surface area contributed by atoms with Crippen molar-refractivity contribution < 1.29 is 13.2 Å². The van der Waals surface area contributed by atoms with E-state index >= 15 is 0 Å². The second kappa shape index (κ2) is 4.32. The molecule has 1 amide bonds. The highest BCUT2D eigenvalue weighted by Gasteiger charge is 2.43. The number of rotatable bonds is 3. The first-order chi connectivity index (χ1) is 8.22. The Labute approximate surface area is 111 Å². The molecule has 1 unspecified atom stereocenters. The van der Waals surface area contributed by atoms with Crippen molar-refractivity contribution in [3.63, 3.8) is 0 Å². The fourth-order valence-corrected chi connectivity index (χ4v) is 4.52. The predicted octanol–water partition coefficient (Wildman–Crippen LogP) is 0.859. The Hall–Kier alpha value is -0.920. The number of hydrogen-bond donors (Lipinski definition) is 2. The lowest BCUT2D eigenvalue weighted by molar-refractivity contribution is -0.121. The minimum absolute atomic E-state index is 0.246. The molecular weight excluding hydrogens is 272 g/mol. The fourth-order valence-electron chi connectivity index (χ4n) is 1.86. The van der Waals surface area contributed by atoms with Crippen LogP contribution in [-0.4, -0.2) is 26.9 Å². The van der Waals surface area contributed by atoms with Gasteiger partial charge in [0, 0.05) is 16.8 Å². The number of thiophene rings is 1. The summed E-state index contributed by atoms with van der Waals surface area (Å²) < 4.78 is 27.0. The number of hydrogen-bond acceptors (Lipinski definition) is 4. The van der Waals surface area contributed by atoms with Gasteiger partial charge in [-0.3, -0.25) is 4.79 Å². The Bertz CT molecular complexity index is 575. The molecule has 100 valence electrons. The van der Waals surface area contributed by atoms with Crippen LogP contribution in [0.2, 0.25) is 0 Å². The third-order valence-electron chi connectivity index (χ3n) is 3.02. The average molecular weight is 288 g/mol. The maximum Gasteiger partial charge on any atom is 0.250 e. The molecule has 7 heteroatoms. The minimum atomic E-state index is -3.62. The van der Waals surface area contributed by atoms with Crippen molar-refractivity contribution in [1.82, 2.24) is 10.0 Å². The summed E-state index contributed by atoms with van der Waals surface area (Å²) in [5, 5.41) is 2.68. The van der Waals surface area contributed by atoms with Crippen molar-refractivity contribution in [2.45, 2.75) is 31.0 Å². The van der Waals surface area contributed by atoms with Gasteiger partial charge in [0.25, 0.3) is 10.0 Å². The van der Waals surface area contributed by atoms with E-state index in [2.05, 4.69) is 10.0 Å². The molecule has 1 saturated heterocycles. The van der Waals surface area contributed by atoms with E-state index in [9.17, 15) is 13.2 Å². The predicted molar refractivity (Wildman–Crippen MR) is 70.0 cm³/mol. The third-order valence-corrected chi connectivity index (χ3v) is 5.93. The molecule has 1 aliphatic heterocycles. The van der Waals surface area contributed by atoms with E-state index in [1.165, 1.54) is 11.3 Å². The minimum Gasteiger partial charge on any atom is -0.354 e. The number of sulfonamides is 1. The molecular formula is C11H16N2O3S2. The fraction of sp³-hybridized carbons (Fsp3) is 0.545. The van der Waals surface area contributed by atoms with Gasteiger partial charge in [-0.15, -0.1) is 11.3 Å². The van der Waals surface area contributed by atoms with E-state index in [0.29, 0.717) is 6.54 Å². The molecule has 2 rings (SSSR count). The van der Waals surface area contributed by atoms with Crippen LogP contribution >= 0.6 is 11.3 Å². The topological polar surface area (TPSA) is 75.3 Å². The zero-order valence-corrected chi connectivity index (χ0v) is 12.1. The summed E-state index contributed by atoms with van der Waals surface area (Å²) in [4.78, 5) is 12.6. The molecule has 0 aromatic carbocycles. The number of carbonyl (C=O) groups is 1. The Morgan fingerprint density at radius 2 is 2.11 bits per heavy atom. The van der Waals surface area contributed by atoms with Crippen molar-refractivity contribution in [3.8, 4) is 0 Å². The summed E-state index contributed by atoms with van der Waals surface area (Å²) in [5.41, 5.74) is -0.420. The van der Waals surface area contributed by atoms with Crippen LogP contribution in [0.3, 0.4) is 0 Å². The summed E-state index contributed by atoms with van der Waals surface area (Å²) in [6, 6.07) is 2.59. The average Bonchev–Trinajstić information content (AvgIpc) is 2.78. The lowest BCUT2D eigenvalue weighted by Crippen LogP contribution is -2.46. The highest BCUT2D eigenvalue weighted by atomic mass is 32.2. The van der Waals surface area contributed by atoms with Crippen molar-refractivity contribution >= 4 is 27.3 Å². The molecule has 5 nitrogen and oxygen atoms in total. The maximum absolute atomic E-state index is 12.2. The molecule has 1 aromatic rings. The summed E-state index contributed by atoms with van der Waals surface area (Å²) in [6.07, 6.45) is 0. The van der Waals surface area contributed by atoms with Crippen LogP contribution in [0.1, 0.15) is 18.7 Å². The standard InChI is InChI=1S/C11H16N2O3S2/c1-7-4-5-8(17-7)18(15,16)13-9-10(14)12-6-11(9,2)3/h4-5,9,13H,6H2,1-3H3,(H,12,14). The van der Waals surface area contributed by atoms with Crippen LogP contribution in [-0.2, 0) is 14.8 Å². The molecule has 0 spiro atoms. The molecule has 18 heavy (non-hydrogen) atoms. The number of aryl methyl sites for hydroxylation is 1. The van der Waals surface area contributed by atoms with Crippen LogP contribution < -0.4 is 10.0 Å².